The number of aliphatic carboxylic acids is 1. The molecule has 1 aromatic carbocycles. The maximum atomic E-state index is 10.4. The highest BCUT2D eigenvalue weighted by molar-refractivity contribution is 5.85. The summed E-state index contributed by atoms with van der Waals surface area (Å²) in [5.41, 5.74) is 0.857. The van der Waals surface area contributed by atoms with Gasteiger partial charge >= 0.3 is 5.97 Å². The second kappa shape index (κ2) is 8.34. The molecule has 0 aliphatic rings. The van der Waals surface area contributed by atoms with E-state index in [-0.39, 0.29) is 0 Å². The molecule has 3 nitrogen and oxygen atoms in total. The van der Waals surface area contributed by atoms with Crippen LogP contribution in [0.4, 0.5) is 0 Å². The van der Waals surface area contributed by atoms with Crippen molar-refractivity contribution in [3.63, 3.8) is 0 Å². The first-order valence-corrected chi connectivity index (χ1v) is 6.36. The van der Waals surface area contributed by atoms with Crippen molar-refractivity contribution >= 4 is 12.0 Å². The molecule has 0 amide bonds. The van der Waals surface area contributed by atoms with E-state index in [1.807, 2.05) is 24.3 Å². The Morgan fingerprint density at radius 1 is 1.22 bits per heavy atom. The van der Waals surface area contributed by atoms with Gasteiger partial charge < -0.3 is 9.84 Å². The molecule has 0 spiro atoms. The molecule has 0 unspecified atom stereocenters. The average Bonchev–Trinajstić information content (AvgIpc) is 2.37. The molecule has 0 fully saturated rings. The van der Waals surface area contributed by atoms with Gasteiger partial charge in [-0.25, -0.2) is 4.79 Å². The fourth-order valence-corrected chi connectivity index (χ4v) is 1.56. The fraction of sp³-hybridized carbons (Fsp3) is 0.400. The summed E-state index contributed by atoms with van der Waals surface area (Å²) in [4.78, 5) is 10.4. The minimum absolute atomic E-state index is 0.740. The lowest BCUT2D eigenvalue weighted by atomic mass is 10.2. The Kier molecular flexibility index (Phi) is 6.62. The van der Waals surface area contributed by atoms with E-state index in [1.165, 1.54) is 19.3 Å². The van der Waals surface area contributed by atoms with Gasteiger partial charge in [-0.2, -0.15) is 0 Å². The Balaban J connectivity index is 2.34. The SMILES string of the molecule is CCCCCCOc1ccc(C=CC(=O)O)cc1. The van der Waals surface area contributed by atoms with Gasteiger partial charge in [-0.15, -0.1) is 0 Å². The molecule has 98 valence electrons. The van der Waals surface area contributed by atoms with Crippen LogP contribution in [0.2, 0.25) is 0 Å². The van der Waals surface area contributed by atoms with E-state index in [1.54, 1.807) is 6.08 Å². The Labute approximate surface area is 108 Å². The maximum absolute atomic E-state index is 10.4. The predicted octanol–water partition coefficient (Wildman–Crippen LogP) is 3.74. The number of hydrogen-bond acceptors (Lipinski definition) is 2. The second-order valence-corrected chi connectivity index (χ2v) is 4.15. The molecule has 0 aliphatic carbocycles. The highest BCUT2D eigenvalue weighted by atomic mass is 16.5. The molecule has 0 bridgehead atoms. The molecule has 0 atom stereocenters. The number of carboxylic acid groups (broad SMARTS) is 1. The van der Waals surface area contributed by atoms with Gasteiger partial charge in [0.1, 0.15) is 5.75 Å². The lowest BCUT2D eigenvalue weighted by Crippen LogP contribution is -1.96. The molecular weight excluding hydrogens is 228 g/mol. The first-order chi connectivity index (χ1) is 8.72. The van der Waals surface area contributed by atoms with Crippen molar-refractivity contribution in [1.82, 2.24) is 0 Å². The van der Waals surface area contributed by atoms with Gasteiger partial charge in [-0.3, -0.25) is 0 Å². The summed E-state index contributed by atoms with van der Waals surface area (Å²) in [5, 5.41) is 8.50. The van der Waals surface area contributed by atoms with Crippen LogP contribution in [0.3, 0.4) is 0 Å². The van der Waals surface area contributed by atoms with Crippen LogP contribution < -0.4 is 4.74 Å². The van der Waals surface area contributed by atoms with E-state index in [9.17, 15) is 4.79 Å². The Morgan fingerprint density at radius 3 is 2.56 bits per heavy atom. The molecule has 1 N–H and O–H groups in total. The summed E-state index contributed by atoms with van der Waals surface area (Å²) in [6.07, 6.45) is 7.45. The van der Waals surface area contributed by atoms with Gasteiger partial charge in [0.2, 0.25) is 0 Å². The van der Waals surface area contributed by atoms with Crippen LogP contribution in [0.15, 0.2) is 30.3 Å². The van der Waals surface area contributed by atoms with E-state index in [2.05, 4.69) is 6.92 Å². The Bertz CT molecular complexity index is 379. The molecule has 1 rings (SSSR count). The van der Waals surface area contributed by atoms with Crippen molar-refractivity contribution in [3.8, 4) is 5.75 Å². The lowest BCUT2D eigenvalue weighted by molar-refractivity contribution is -0.131. The molecular formula is C15H20O3. The summed E-state index contributed by atoms with van der Waals surface area (Å²) in [6, 6.07) is 7.42. The quantitative estimate of drug-likeness (QED) is 0.563. The summed E-state index contributed by atoms with van der Waals surface area (Å²) in [6.45, 7) is 2.93. The summed E-state index contributed by atoms with van der Waals surface area (Å²) in [7, 11) is 0. The predicted molar refractivity (Wildman–Crippen MR) is 72.7 cm³/mol. The number of hydrogen-bond donors (Lipinski definition) is 1. The van der Waals surface area contributed by atoms with Crippen LogP contribution >= 0.6 is 0 Å². The molecule has 0 heterocycles. The average molecular weight is 248 g/mol. The molecule has 1 aromatic rings. The number of carbonyl (C=O) groups is 1. The third kappa shape index (κ3) is 6.09. The van der Waals surface area contributed by atoms with Crippen molar-refractivity contribution in [3.05, 3.63) is 35.9 Å². The Morgan fingerprint density at radius 2 is 1.94 bits per heavy atom. The smallest absolute Gasteiger partial charge is 0.328 e. The van der Waals surface area contributed by atoms with E-state index in [4.69, 9.17) is 9.84 Å². The highest BCUT2D eigenvalue weighted by Crippen LogP contribution is 2.14. The summed E-state index contributed by atoms with van der Waals surface area (Å²) in [5.74, 6) is -0.106. The summed E-state index contributed by atoms with van der Waals surface area (Å²) < 4.78 is 5.59. The third-order valence-electron chi connectivity index (χ3n) is 2.57. The van der Waals surface area contributed by atoms with E-state index < -0.39 is 5.97 Å². The van der Waals surface area contributed by atoms with Gasteiger partial charge in [0.05, 0.1) is 6.61 Å². The van der Waals surface area contributed by atoms with Crippen molar-refractivity contribution < 1.29 is 14.6 Å². The van der Waals surface area contributed by atoms with Crippen molar-refractivity contribution in [1.29, 1.82) is 0 Å². The molecule has 0 radical (unpaired) electrons. The fourth-order valence-electron chi connectivity index (χ4n) is 1.56. The van der Waals surface area contributed by atoms with Crippen LogP contribution in [-0.2, 0) is 4.79 Å². The monoisotopic (exact) mass is 248 g/mol. The van der Waals surface area contributed by atoms with Crippen LogP contribution in [0.1, 0.15) is 38.2 Å². The van der Waals surface area contributed by atoms with Gasteiger partial charge in [0, 0.05) is 6.08 Å². The maximum Gasteiger partial charge on any atom is 0.328 e. The zero-order valence-electron chi connectivity index (χ0n) is 10.8. The van der Waals surface area contributed by atoms with E-state index in [0.29, 0.717) is 0 Å². The zero-order chi connectivity index (χ0) is 13.2. The second-order valence-electron chi connectivity index (χ2n) is 4.15. The summed E-state index contributed by atoms with van der Waals surface area (Å²) >= 11 is 0. The van der Waals surface area contributed by atoms with Crippen molar-refractivity contribution in [2.75, 3.05) is 6.61 Å². The molecule has 0 saturated carbocycles. The van der Waals surface area contributed by atoms with E-state index in [0.717, 1.165) is 30.4 Å². The number of benzene rings is 1. The number of unbranched alkanes of at least 4 members (excludes halogenated alkanes) is 3. The van der Waals surface area contributed by atoms with Gasteiger partial charge in [0.15, 0.2) is 0 Å². The van der Waals surface area contributed by atoms with Crippen LogP contribution in [0.25, 0.3) is 6.08 Å². The number of ether oxygens (including phenoxy) is 1. The minimum Gasteiger partial charge on any atom is -0.494 e. The van der Waals surface area contributed by atoms with Gasteiger partial charge in [-0.1, -0.05) is 38.3 Å². The first-order valence-electron chi connectivity index (χ1n) is 6.36. The zero-order valence-corrected chi connectivity index (χ0v) is 10.8. The van der Waals surface area contributed by atoms with Crippen LogP contribution in [0.5, 0.6) is 5.75 Å². The molecule has 0 saturated heterocycles. The first kappa shape index (κ1) is 14.3. The van der Waals surface area contributed by atoms with Crippen LogP contribution in [0, 0.1) is 0 Å². The normalized spacial score (nSPS) is 10.7. The van der Waals surface area contributed by atoms with Gasteiger partial charge in [-0.05, 0) is 30.2 Å². The Hall–Kier alpha value is -1.77. The lowest BCUT2D eigenvalue weighted by Gasteiger charge is -2.05. The third-order valence-corrected chi connectivity index (χ3v) is 2.57. The minimum atomic E-state index is -0.939. The molecule has 0 aromatic heterocycles. The van der Waals surface area contributed by atoms with Gasteiger partial charge in [0.25, 0.3) is 0 Å². The topological polar surface area (TPSA) is 46.5 Å². The number of rotatable bonds is 8. The van der Waals surface area contributed by atoms with Crippen LogP contribution in [-0.4, -0.2) is 17.7 Å². The van der Waals surface area contributed by atoms with Crippen molar-refractivity contribution in [2.24, 2.45) is 0 Å². The van der Waals surface area contributed by atoms with E-state index >= 15 is 0 Å². The number of carboxylic acids is 1. The molecule has 3 heteroatoms. The highest BCUT2D eigenvalue weighted by Gasteiger charge is 1.94. The largest absolute Gasteiger partial charge is 0.494 e. The molecule has 0 aliphatic heterocycles. The van der Waals surface area contributed by atoms with Crippen molar-refractivity contribution in [2.45, 2.75) is 32.6 Å². The molecule has 18 heavy (non-hydrogen) atoms. The standard InChI is InChI=1S/C15H20O3/c1-2-3-4-5-12-18-14-9-6-13(7-10-14)8-11-15(16)17/h6-11H,2-5,12H2,1H3,(H,16,17).